The van der Waals surface area contributed by atoms with Gasteiger partial charge in [-0.1, -0.05) is 98.7 Å². The van der Waals surface area contributed by atoms with E-state index >= 15 is 0 Å². The molecule has 0 saturated heterocycles. The zero-order valence-electron chi connectivity index (χ0n) is 21.2. The lowest BCUT2D eigenvalue weighted by Gasteiger charge is -2.27. The van der Waals surface area contributed by atoms with E-state index in [1.54, 1.807) is 0 Å². The Morgan fingerprint density at radius 1 is 0.531 bits per heavy atom. The maximum atomic E-state index is 4.85. The summed E-state index contributed by atoms with van der Waals surface area (Å²) < 4.78 is 0. The fourth-order valence-corrected chi connectivity index (χ4v) is 4.52. The number of benzene rings is 3. The van der Waals surface area contributed by atoms with Crippen LogP contribution in [0.5, 0.6) is 0 Å². The molecule has 0 aliphatic carbocycles. The summed E-state index contributed by atoms with van der Waals surface area (Å²) in [4.78, 5) is 4.85. The quantitative estimate of drug-likeness (QED) is 0.278. The van der Waals surface area contributed by atoms with Crippen LogP contribution in [-0.4, -0.2) is 4.98 Å². The molecule has 3 aromatic carbocycles. The molecule has 1 nitrogen and oxygen atoms in total. The molecule has 1 heterocycles. The third-order valence-electron chi connectivity index (χ3n) is 6.55. The number of hydrogen-bond donors (Lipinski definition) is 0. The van der Waals surface area contributed by atoms with Crippen molar-refractivity contribution < 1.29 is 0 Å². The molecule has 0 aliphatic heterocycles. The second kappa shape index (κ2) is 7.44. The lowest BCUT2D eigenvalue weighted by atomic mass is 9.77. The van der Waals surface area contributed by atoms with Gasteiger partial charge in [0.1, 0.15) is 0 Å². The van der Waals surface area contributed by atoms with Gasteiger partial charge in [0.15, 0.2) is 0 Å². The number of nitrogens with zero attached hydrogens (tertiary/aromatic N) is 1. The zero-order chi connectivity index (χ0) is 23.5. The number of pyridine rings is 1. The van der Waals surface area contributed by atoms with Crippen LogP contribution in [0, 0.1) is 0 Å². The summed E-state index contributed by atoms with van der Waals surface area (Å²) >= 11 is 0. The first kappa shape index (κ1) is 22.5. The Balaban J connectivity index is 2.06. The molecule has 4 rings (SSSR count). The predicted molar refractivity (Wildman–Crippen MR) is 141 cm³/mol. The van der Waals surface area contributed by atoms with Crippen molar-refractivity contribution in [2.75, 3.05) is 0 Å². The second-order valence-electron chi connectivity index (χ2n) is 12.3. The minimum Gasteiger partial charge on any atom is -0.256 e. The lowest BCUT2D eigenvalue weighted by Crippen LogP contribution is -2.16. The van der Waals surface area contributed by atoms with Gasteiger partial charge in [0.25, 0.3) is 0 Å². The molecule has 0 bridgehead atoms. The molecular weight excluding hydrogens is 386 g/mol. The Bertz CT molecular complexity index is 1300. The smallest absolute Gasteiger partial charge is 0.0780 e. The van der Waals surface area contributed by atoms with E-state index in [2.05, 4.69) is 117 Å². The average Bonchev–Trinajstić information content (AvgIpc) is 2.70. The van der Waals surface area contributed by atoms with Crippen LogP contribution in [0.2, 0.25) is 0 Å². The third-order valence-corrected chi connectivity index (χ3v) is 6.55. The van der Waals surface area contributed by atoms with E-state index in [1.807, 2.05) is 6.20 Å². The van der Waals surface area contributed by atoms with Crippen LogP contribution in [-0.2, 0) is 16.2 Å². The van der Waals surface area contributed by atoms with Gasteiger partial charge in [-0.05, 0) is 67.3 Å². The summed E-state index contributed by atoms with van der Waals surface area (Å²) in [6, 6.07) is 20.5. The summed E-state index contributed by atoms with van der Waals surface area (Å²) in [6.07, 6.45) is 1.97. The van der Waals surface area contributed by atoms with Crippen LogP contribution in [0.4, 0.5) is 0 Å². The van der Waals surface area contributed by atoms with Crippen LogP contribution >= 0.6 is 0 Å². The van der Waals surface area contributed by atoms with Gasteiger partial charge in [-0.3, -0.25) is 4.98 Å². The van der Waals surface area contributed by atoms with Gasteiger partial charge in [-0.15, -0.1) is 0 Å². The molecule has 0 unspecified atom stereocenters. The summed E-state index contributed by atoms with van der Waals surface area (Å²) in [7, 11) is 0. The van der Waals surface area contributed by atoms with Crippen LogP contribution in [0.25, 0.3) is 32.8 Å². The largest absolute Gasteiger partial charge is 0.256 e. The number of rotatable bonds is 1. The minimum atomic E-state index is 0.0735. The molecule has 0 aliphatic rings. The maximum absolute atomic E-state index is 4.85. The van der Waals surface area contributed by atoms with Crippen LogP contribution in [0.1, 0.15) is 79.0 Å². The van der Waals surface area contributed by atoms with Crippen molar-refractivity contribution in [2.24, 2.45) is 0 Å². The Kier molecular flexibility index (Phi) is 5.24. The van der Waals surface area contributed by atoms with Crippen LogP contribution in [0.15, 0.2) is 60.8 Å². The summed E-state index contributed by atoms with van der Waals surface area (Å²) in [5.41, 5.74) is 6.65. The number of aromatic nitrogens is 1. The molecule has 1 aromatic heterocycles. The highest BCUT2D eigenvalue weighted by Gasteiger charge is 2.23. The van der Waals surface area contributed by atoms with Crippen molar-refractivity contribution in [3.8, 4) is 11.3 Å². The SMILES string of the molecule is CC(C)(C)c1cccc(-c2nccc3c2ccc2c(C(C)(C)C)cc(C(C)(C)C)cc23)c1. The van der Waals surface area contributed by atoms with Crippen molar-refractivity contribution in [1.82, 2.24) is 4.98 Å². The monoisotopic (exact) mass is 423 g/mol. The van der Waals surface area contributed by atoms with E-state index in [9.17, 15) is 0 Å². The predicted octanol–water partition coefficient (Wildman–Crippen LogP) is 8.95. The highest BCUT2D eigenvalue weighted by atomic mass is 14.7. The molecule has 1 heteroatoms. The van der Waals surface area contributed by atoms with Crippen molar-refractivity contribution in [2.45, 2.75) is 78.6 Å². The lowest BCUT2D eigenvalue weighted by molar-refractivity contribution is 0.573. The van der Waals surface area contributed by atoms with Crippen LogP contribution in [0.3, 0.4) is 0 Å². The van der Waals surface area contributed by atoms with E-state index in [-0.39, 0.29) is 16.2 Å². The van der Waals surface area contributed by atoms with Crippen molar-refractivity contribution in [3.63, 3.8) is 0 Å². The van der Waals surface area contributed by atoms with E-state index in [0.717, 1.165) is 5.69 Å². The first-order valence-corrected chi connectivity index (χ1v) is 11.7. The van der Waals surface area contributed by atoms with Gasteiger partial charge in [-0.25, -0.2) is 0 Å². The van der Waals surface area contributed by atoms with Gasteiger partial charge >= 0.3 is 0 Å². The Hall–Kier alpha value is -2.67. The third kappa shape index (κ3) is 4.06. The zero-order valence-corrected chi connectivity index (χ0v) is 21.2. The van der Waals surface area contributed by atoms with E-state index in [1.165, 1.54) is 43.8 Å². The first-order chi connectivity index (χ1) is 14.8. The average molecular weight is 424 g/mol. The topological polar surface area (TPSA) is 12.9 Å². The molecule has 0 spiro atoms. The summed E-state index contributed by atoms with van der Waals surface area (Å²) in [5, 5.41) is 5.18. The van der Waals surface area contributed by atoms with Crippen LogP contribution < -0.4 is 0 Å². The van der Waals surface area contributed by atoms with Crippen molar-refractivity contribution in [1.29, 1.82) is 0 Å². The summed E-state index contributed by atoms with van der Waals surface area (Å²) in [6.45, 7) is 20.6. The minimum absolute atomic E-state index is 0.0735. The molecule has 0 N–H and O–H groups in total. The van der Waals surface area contributed by atoms with Gasteiger partial charge in [-0.2, -0.15) is 0 Å². The standard InChI is InChI=1S/C31H37N/c1-29(2,3)21-12-10-11-20(17-21)28-25-14-13-24-26(23(25)15-16-32-28)18-22(30(4,5)6)19-27(24)31(7,8)9/h10-19H,1-9H3. The van der Waals surface area contributed by atoms with Gasteiger partial charge in [0, 0.05) is 17.1 Å². The van der Waals surface area contributed by atoms with Crippen molar-refractivity contribution in [3.05, 3.63) is 77.5 Å². The number of fused-ring (bicyclic) bond motifs is 3. The highest BCUT2D eigenvalue weighted by Crippen LogP contribution is 2.40. The summed E-state index contributed by atoms with van der Waals surface area (Å²) in [5.74, 6) is 0. The Morgan fingerprint density at radius 3 is 1.81 bits per heavy atom. The molecule has 0 radical (unpaired) electrons. The molecule has 32 heavy (non-hydrogen) atoms. The van der Waals surface area contributed by atoms with Crippen molar-refractivity contribution >= 4 is 21.5 Å². The van der Waals surface area contributed by atoms with E-state index in [4.69, 9.17) is 4.98 Å². The molecule has 0 fully saturated rings. The Morgan fingerprint density at radius 2 is 1.19 bits per heavy atom. The van der Waals surface area contributed by atoms with E-state index < -0.39 is 0 Å². The fraction of sp³-hybridized carbons (Fsp3) is 0.387. The molecule has 0 saturated carbocycles. The van der Waals surface area contributed by atoms with Gasteiger partial charge in [0.2, 0.25) is 0 Å². The molecule has 0 amide bonds. The second-order valence-corrected chi connectivity index (χ2v) is 12.3. The fourth-order valence-electron chi connectivity index (χ4n) is 4.52. The number of hydrogen-bond acceptors (Lipinski definition) is 1. The molecule has 166 valence electrons. The van der Waals surface area contributed by atoms with Gasteiger partial charge < -0.3 is 0 Å². The first-order valence-electron chi connectivity index (χ1n) is 11.7. The van der Waals surface area contributed by atoms with E-state index in [0.29, 0.717) is 0 Å². The molecule has 0 atom stereocenters. The highest BCUT2D eigenvalue weighted by molar-refractivity contribution is 6.12. The molecular formula is C31H37N. The van der Waals surface area contributed by atoms with Gasteiger partial charge in [0.05, 0.1) is 5.69 Å². The molecule has 4 aromatic rings. The Labute approximate surface area is 193 Å². The maximum Gasteiger partial charge on any atom is 0.0780 e. The normalized spacial score (nSPS) is 13.2.